The first kappa shape index (κ1) is 13.6. The Labute approximate surface area is 113 Å². The molecule has 0 unspecified atom stereocenters. The summed E-state index contributed by atoms with van der Waals surface area (Å²) in [6.07, 6.45) is 5.05. The highest BCUT2D eigenvalue weighted by molar-refractivity contribution is 5.72. The maximum atomic E-state index is 11.4. The Hall–Kier alpha value is -1.78. The van der Waals surface area contributed by atoms with Crippen LogP contribution >= 0.6 is 0 Å². The lowest BCUT2D eigenvalue weighted by Gasteiger charge is -2.27. The number of aromatic nitrogens is 1. The van der Waals surface area contributed by atoms with E-state index in [4.69, 9.17) is 15.2 Å². The van der Waals surface area contributed by atoms with Crippen LogP contribution in [-0.2, 0) is 9.53 Å². The van der Waals surface area contributed by atoms with E-state index < -0.39 is 0 Å². The van der Waals surface area contributed by atoms with Crippen molar-refractivity contribution in [1.29, 1.82) is 0 Å². The van der Waals surface area contributed by atoms with Gasteiger partial charge in [-0.1, -0.05) is 0 Å². The van der Waals surface area contributed by atoms with Gasteiger partial charge in [-0.25, -0.2) is 4.98 Å². The van der Waals surface area contributed by atoms with Gasteiger partial charge in [-0.3, -0.25) is 4.79 Å². The molecule has 1 aromatic rings. The molecule has 19 heavy (non-hydrogen) atoms. The number of methoxy groups -OCH3 is 1. The fourth-order valence-corrected chi connectivity index (χ4v) is 2.45. The van der Waals surface area contributed by atoms with E-state index in [9.17, 15) is 4.79 Å². The second kappa shape index (κ2) is 5.91. The number of nitrogen functional groups attached to an aromatic ring is 1. The van der Waals surface area contributed by atoms with Gasteiger partial charge in [0.25, 0.3) is 0 Å². The van der Waals surface area contributed by atoms with Crippen molar-refractivity contribution in [2.24, 2.45) is 5.92 Å². The van der Waals surface area contributed by atoms with Crippen LogP contribution in [0.15, 0.2) is 12.3 Å². The quantitative estimate of drug-likeness (QED) is 0.846. The lowest BCUT2D eigenvalue weighted by atomic mass is 9.87. The SMILES string of the molecule is COC(=O)C1CCC(Oc2ncc(N)cc2C)CC1. The zero-order chi connectivity index (χ0) is 13.8. The Morgan fingerprint density at radius 1 is 1.37 bits per heavy atom. The van der Waals surface area contributed by atoms with Crippen molar-refractivity contribution in [2.45, 2.75) is 38.7 Å². The molecule has 0 aliphatic heterocycles. The first-order chi connectivity index (χ1) is 9.10. The van der Waals surface area contributed by atoms with Crippen LogP contribution in [0, 0.1) is 12.8 Å². The molecule has 5 heteroatoms. The van der Waals surface area contributed by atoms with E-state index in [0.717, 1.165) is 31.2 Å². The number of anilines is 1. The normalized spacial score (nSPS) is 22.8. The average Bonchev–Trinajstić information content (AvgIpc) is 2.42. The van der Waals surface area contributed by atoms with Gasteiger partial charge in [0, 0.05) is 5.56 Å². The Kier molecular flexibility index (Phi) is 4.24. The summed E-state index contributed by atoms with van der Waals surface area (Å²) in [7, 11) is 1.44. The highest BCUT2D eigenvalue weighted by atomic mass is 16.5. The minimum absolute atomic E-state index is 0.0188. The maximum absolute atomic E-state index is 11.4. The molecule has 1 fully saturated rings. The van der Waals surface area contributed by atoms with Crippen LogP contribution in [0.3, 0.4) is 0 Å². The maximum Gasteiger partial charge on any atom is 0.308 e. The zero-order valence-electron chi connectivity index (χ0n) is 11.4. The van der Waals surface area contributed by atoms with Gasteiger partial charge in [0.1, 0.15) is 6.10 Å². The van der Waals surface area contributed by atoms with Crippen LogP contribution in [0.25, 0.3) is 0 Å². The topological polar surface area (TPSA) is 74.4 Å². The van der Waals surface area contributed by atoms with E-state index in [1.165, 1.54) is 7.11 Å². The van der Waals surface area contributed by atoms with Gasteiger partial charge >= 0.3 is 5.97 Å². The summed E-state index contributed by atoms with van der Waals surface area (Å²) >= 11 is 0. The van der Waals surface area contributed by atoms with Gasteiger partial charge < -0.3 is 15.2 Å². The Morgan fingerprint density at radius 2 is 2.05 bits per heavy atom. The summed E-state index contributed by atoms with van der Waals surface area (Å²) in [5.41, 5.74) is 7.24. The van der Waals surface area contributed by atoms with Gasteiger partial charge in [-0.2, -0.15) is 0 Å². The summed E-state index contributed by atoms with van der Waals surface area (Å²) in [5, 5.41) is 0. The molecule has 1 heterocycles. The molecule has 5 nitrogen and oxygen atoms in total. The van der Waals surface area contributed by atoms with Crippen LogP contribution in [0.4, 0.5) is 5.69 Å². The van der Waals surface area contributed by atoms with Crippen LogP contribution in [0.1, 0.15) is 31.2 Å². The fraction of sp³-hybridized carbons (Fsp3) is 0.571. The summed E-state index contributed by atoms with van der Waals surface area (Å²) in [6, 6.07) is 1.85. The molecule has 0 aromatic carbocycles. The third-order valence-corrected chi connectivity index (χ3v) is 3.54. The van der Waals surface area contributed by atoms with E-state index in [-0.39, 0.29) is 18.0 Å². The molecule has 0 amide bonds. The highest BCUT2D eigenvalue weighted by Crippen LogP contribution is 2.29. The molecule has 1 aliphatic rings. The van der Waals surface area contributed by atoms with Crippen LogP contribution < -0.4 is 10.5 Å². The smallest absolute Gasteiger partial charge is 0.308 e. The number of esters is 1. The van der Waals surface area contributed by atoms with Gasteiger partial charge in [-0.15, -0.1) is 0 Å². The van der Waals surface area contributed by atoms with Gasteiger partial charge in [0.05, 0.1) is 24.9 Å². The van der Waals surface area contributed by atoms with Gasteiger partial charge in [0.2, 0.25) is 5.88 Å². The number of nitrogens with zero attached hydrogens (tertiary/aromatic N) is 1. The van der Waals surface area contributed by atoms with Crippen molar-refractivity contribution in [2.75, 3.05) is 12.8 Å². The molecule has 1 saturated carbocycles. The molecule has 1 aromatic heterocycles. The molecule has 1 aliphatic carbocycles. The summed E-state index contributed by atoms with van der Waals surface area (Å²) < 4.78 is 10.7. The number of nitrogens with two attached hydrogens (primary N) is 1. The van der Waals surface area contributed by atoms with Crippen molar-refractivity contribution in [3.63, 3.8) is 0 Å². The first-order valence-electron chi connectivity index (χ1n) is 6.56. The molecule has 104 valence electrons. The minimum Gasteiger partial charge on any atom is -0.474 e. The van der Waals surface area contributed by atoms with Crippen LogP contribution in [0.2, 0.25) is 0 Å². The van der Waals surface area contributed by atoms with Crippen molar-refractivity contribution in [1.82, 2.24) is 4.98 Å². The monoisotopic (exact) mass is 264 g/mol. The summed E-state index contributed by atoms with van der Waals surface area (Å²) in [6.45, 7) is 1.93. The number of hydrogen-bond acceptors (Lipinski definition) is 5. The molecule has 0 atom stereocenters. The second-order valence-corrected chi connectivity index (χ2v) is 5.01. The van der Waals surface area contributed by atoms with Crippen molar-refractivity contribution < 1.29 is 14.3 Å². The number of aryl methyl sites for hydroxylation is 1. The predicted molar refractivity (Wildman–Crippen MR) is 71.8 cm³/mol. The van der Waals surface area contributed by atoms with Crippen LogP contribution in [0.5, 0.6) is 5.88 Å². The lowest BCUT2D eigenvalue weighted by Crippen LogP contribution is -2.29. The highest BCUT2D eigenvalue weighted by Gasteiger charge is 2.28. The van der Waals surface area contributed by atoms with Crippen molar-refractivity contribution >= 4 is 11.7 Å². The van der Waals surface area contributed by atoms with E-state index >= 15 is 0 Å². The molecule has 2 rings (SSSR count). The number of rotatable bonds is 3. The number of carbonyl (C=O) groups excluding carboxylic acids is 1. The molecule has 0 saturated heterocycles. The predicted octanol–water partition coefficient (Wildman–Crippen LogP) is 2.08. The summed E-state index contributed by atoms with van der Waals surface area (Å²) in [4.78, 5) is 15.6. The fourth-order valence-electron chi connectivity index (χ4n) is 2.45. The first-order valence-corrected chi connectivity index (χ1v) is 6.56. The van der Waals surface area contributed by atoms with E-state index in [1.54, 1.807) is 6.20 Å². The van der Waals surface area contributed by atoms with Gasteiger partial charge in [-0.05, 0) is 38.7 Å². The number of carbonyl (C=O) groups is 1. The lowest BCUT2D eigenvalue weighted by molar-refractivity contribution is -0.147. The molecule has 0 bridgehead atoms. The Bertz CT molecular complexity index is 454. The Balaban J connectivity index is 1.90. The molecular formula is C14H20N2O3. The largest absolute Gasteiger partial charge is 0.474 e. The standard InChI is InChI=1S/C14H20N2O3/c1-9-7-11(15)8-16-13(9)19-12-5-3-10(4-6-12)14(17)18-2/h7-8,10,12H,3-6,15H2,1-2H3. The summed E-state index contributed by atoms with van der Waals surface area (Å²) in [5.74, 6) is 0.543. The Morgan fingerprint density at radius 3 is 2.63 bits per heavy atom. The van der Waals surface area contributed by atoms with Crippen molar-refractivity contribution in [3.05, 3.63) is 17.8 Å². The molecule has 0 radical (unpaired) electrons. The molecule has 2 N–H and O–H groups in total. The second-order valence-electron chi connectivity index (χ2n) is 5.01. The molecule has 0 spiro atoms. The number of pyridine rings is 1. The van der Waals surface area contributed by atoms with Gasteiger partial charge in [0.15, 0.2) is 0 Å². The minimum atomic E-state index is -0.111. The van der Waals surface area contributed by atoms with E-state index in [1.807, 2.05) is 13.0 Å². The van der Waals surface area contributed by atoms with E-state index in [2.05, 4.69) is 4.98 Å². The van der Waals surface area contributed by atoms with Crippen LogP contribution in [-0.4, -0.2) is 24.2 Å². The molecular weight excluding hydrogens is 244 g/mol. The third-order valence-electron chi connectivity index (χ3n) is 3.54. The van der Waals surface area contributed by atoms with Crippen molar-refractivity contribution in [3.8, 4) is 5.88 Å². The van der Waals surface area contributed by atoms with E-state index in [0.29, 0.717) is 11.6 Å². The number of ether oxygens (including phenoxy) is 2. The number of hydrogen-bond donors (Lipinski definition) is 1. The third kappa shape index (κ3) is 3.36. The zero-order valence-corrected chi connectivity index (χ0v) is 11.4. The average molecular weight is 264 g/mol.